The lowest BCUT2D eigenvalue weighted by Gasteiger charge is -1.92. The maximum Gasteiger partial charge on any atom is 0.318 e. The van der Waals surface area contributed by atoms with Gasteiger partial charge in [0, 0.05) is 10.3 Å². The molecule has 8 nitrogen and oxygen atoms in total. The molecule has 2 heterocycles. The van der Waals surface area contributed by atoms with Crippen molar-refractivity contribution < 1.29 is 4.79 Å². The Hall–Kier alpha value is -2.20. The van der Waals surface area contributed by atoms with Crippen LogP contribution in [0.25, 0.3) is 11.4 Å². The molecule has 100 valence electrons. The van der Waals surface area contributed by atoms with Crippen LogP contribution < -0.4 is 22.5 Å². The summed E-state index contributed by atoms with van der Waals surface area (Å²) in [7, 11) is 0. The van der Waals surface area contributed by atoms with Gasteiger partial charge in [0.05, 0.1) is 0 Å². The quantitative estimate of drug-likeness (QED) is 0.492. The van der Waals surface area contributed by atoms with Crippen LogP contribution in [0.4, 0.5) is 15.1 Å². The first-order valence-electron chi connectivity index (χ1n) is 5.05. The third-order valence-corrected chi connectivity index (χ3v) is 3.61. The van der Waals surface area contributed by atoms with E-state index in [0.717, 1.165) is 4.88 Å². The van der Waals surface area contributed by atoms with Crippen LogP contribution in [0.2, 0.25) is 0 Å². The molecule has 2 rings (SSSR count). The fraction of sp³-hybridized carbons (Fsp3) is 0.111. The molecule has 0 aliphatic heterocycles. The number of nitrogens with two attached hydrogens (primary N) is 3. The lowest BCUT2D eigenvalue weighted by molar-refractivity contribution is 0.259. The van der Waals surface area contributed by atoms with Crippen molar-refractivity contribution in [2.75, 3.05) is 5.32 Å². The van der Waals surface area contributed by atoms with E-state index in [0.29, 0.717) is 21.7 Å². The number of amides is 2. The van der Waals surface area contributed by atoms with Gasteiger partial charge < -0.3 is 17.2 Å². The highest BCUT2D eigenvalue weighted by atomic mass is 32.1. The van der Waals surface area contributed by atoms with Crippen molar-refractivity contribution >= 4 is 44.9 Å². The first-order valence-corrected chi connectivity index (χ1v) is 6.74. The average molecular weight is 297 g/mol. The van der Waals surface area contributed by atoms with Crippen molar-refractivity contribution in [3.05, 3.63) is 10.3 Å². The number of anilines is 1. The van der Waals surface area contributed by atoms with E-state index in [1.54, 1.807) is 5.38 Å². The van der Waals surface area contributed by atoms with Gasteiger partial charge in [-0.1, -0.05) is 0 Å². The number of aryl methyl sites for hydroxylation is 1. The molecule has 0 atom stereocenters. The van der Waals surface area contributed by atoms with Crippen LogP contribution in [0.1, 0.15) is 4.88 Å². The zero-order valence-electron chi connectivity index (χ0n) is 9.88. The second-order valence-electron chi connectivity index (χ2n) is 3.47. The minimum absolute atomic E-state index is 0.0491. The molecular formula is C9H11N7OS2. The van der Waals surface area contributed by atoms with E-state index in [9.17, 15) is 4.79 Å². The molecule has 0 aliphatic carbocycles. The van der Waals surface area contributed by atoms with E-state index in [-0.39, 0.29) is 5.96 Å². The number of hydrogen-bond donors (Lipinski definition) is 4. The van der Waals surface area contributed by atoms with Crippen molar-refractivity contribution in [3.63, 3.8) is 0 Å². The maximum atomic E-state index is 10.8. The minimum Gasteiger partial charge on any atom is -0.370 e. The number of carbonyl (C=O) groups is 1. The zero-order chi connectivity index (χ0) is 14.0. The highest BCUT2D eigenvalue weighted by molar-refractivity contribution is 7.16. The van der Waals surface area contributed by atoms with E-state index < -0.39 is 6.03 Å². The van der Waals surface area contributed by atoms with E-state index in [1.807, 2.05) is 6.92 Å². The summed E-state index contributed by atoms with van der Waals surface area (Å²) in [5.74, 6) is -0.0491. The van der Waals surface area contributed by atoms with Gasteiger partial charge in [-0.15, -0.1) is 22.7 Å². The molecule has 0 fully saturated rings. The molecule has 0 bridgehead atoms. The number of carbonyl (C=O) groups excluding carboxylic acids is 1. The summed E-state index contributed by atoms with van der Waals surface area (Å²) in [4.78, 5) is 24.0. The Kier molecular flexibility index (Phi) is 3.62. The third-order valence-electron chi connectivity index (χ3n) is 1.99. The molecule has 0 unspecified atom stereocenters. The first-order chi connectivity index (χ1) is 8.95. The van der Waals surface area contributed by atoms with Crippen LogP contribution in [-0.4, -0.2) is 22.0 Å². The van der Waals surface area contributed by atoms with Gasteiger partial charge in [0.15, 0.2) is 11.1 Å². The Morgan fingerprint density at radius 1 is 1.37 bits per heavy atom. The average Bonchev–Trinajstić information content (AvgIpc) is 2.83. The molecule has 0 aromatic carbocycles. The number of aromatic nitrogens is 2. The summed E-state index contributed by atoms with van der Waals surface area (Å²) in [6.45, 7) is 1.87. The molecule has 0 saturated carbocycles. The van der Waals surface area contributed by atoms with Crippen LogP contribution in [-0.2, 0) is 0 Å². The Balaban J connectivity index is 2.31. The van der Waals surface area contributed by atoms with Gasteiger partial charge in [0.1, 0.15) is 11.4 Å². The summed E-state index contributed by atoms with van der Waals surface area (Å²) in [6, 6.07) is -0.653. The molecule has 0 saturated heterocycles. The fourth-order valence-electron chi connectivity index (χ4n) is 1.33. The molecule has 2 aromatic heterocycles. The van der Waals surface area contributed by atoms with Gasteiger partial charge >= 0.3 is 6.03 Å². The monoisotopic (exact) mass is 297 g/mol. The van der Waals surface area contributed by atoms with Gasteiger partial charge in [0.2, 0.25) is 5.13 Å². The Labute approximate surface area is 116 Å². The summed E-state index contributed by atoms with van der Waals surface area (Å²) in [5, 5.41) is 5.10. The van der Waals surface area contributed by atoms with E-state index in [2.05, 4.69) is 20.3 Å². The molecule has 0 aliphatic rings. The first kappa shape index (κ1) is 13.2. The van der Waals surface area contributed by atoms with Crippen LogP contribution >= 0.6 is 22.7 Å². The maximum absolute atomic E-state index is 10.8. The molecule has 2 aromatic rings. The Morgan fingerprint density at radius 3 is 2.74 bits per heavy atom. The lowest BCUT2D eigenvalue weighted by atomic mass is 10.3. The van der Waals surface area contributed by atoms with Gasteiger partial charge in [-0.25, -0.2) is 14.8 Å². The van der Waals surface area contributed by atoms with Crippen molar-refractivity contribution in [2.45, 2.75) is 6.92 Å². The van der Waals surface area contributed by atoms with Crippen molar-refractivity contribution in [3.8, 4) is 11.4 Å². The summed E-state index contributed by atoms with van der Waals surface area (Å²) in [5.41, 5.74) is 16.9. The van der Waals surface area contributed by atoms with Crippen LogP contribution in [0, 0.1) is 6.92 Å². The minimum atomic E-state index is -0.653. The molecule has 7 N–H and O–H groups in total. The molecule has 0 radical (unpaired) electrons. The predicted molar refractivity (Wildman–Crippen MR) is 76.6 cm³/mol. The standard InChI is InChI=1S/C9H11N7OS2/c1-3-5(14-9(19-3)16-7(12)17)4-2-18-8(13-4)15-6(10)11/h2H,1H3,(H4,10,11,13,15)(H3,12,14,16,17). The molecule has 10 heteroatoms. The number of guanidine groups is 1. The third kappa shape index (κ3) is 3.17. The number of nitrogens with zero attached hydrogens (tertiary/aromatic N) is 3. The highest BCUT2D eigenvalue weighted by Crippen LogP contribution is 2.32. The molecule has 19 heavy (non-hydrogen) atoms. The fourth-order valence-corrected chi connectivity index (χ4v) is 2.84. The number of primary amides is 1. The van der Waals surface area contributed by atoms with Crippen molar-refractivity contribution in [1.29, 1.82) is 0 Å². The van der Waals surface area contributed by atoms with Gasteiger partial charge in [-0.2, -0.15) is 4.99 Å². The van der Waals surface area contributed by atoms with Crippen LogP contribution in [0.15, 0.2) is 10.4 Å². The smallest absolute Gasteiger partial charge is 0.318 e. The Bertz CT molecular complexity index is 641. The number of hydrogen-bond acceptors (Lipinski definition) is 6. The number of thiazole rings is 2. The highest BCUT2D eigenvalue weighted by Gasteiger charge is 2.13. The summed E-state index contributed by atoms with van der Waals surface area (Å²) in [6.07, 6.45) is 0. The van der Waals surface area contributed by atoms with E-state index in [1.165, 1.54) is 22.7 Å². The summed E-state index contributed by atoms with van der Waals surface area (Å²) < 4.78 is 0. The number of urea groups is 1. The van der Waals surface area contributed by atoms with E-state index >= 15 is 0 Å². The predicted octanol–water partition coefficient (Wildman–Crippen LogP) is 0.971. The zero-order valence-corrected chi connectivity index (χ0v) is 11.5. The Morgan fingerprint density at radius 2 is 2.11 bits per heavy atom. The van der Waals surface area contributed by atoms with E-state index in [4.69, 9.17) is 17.2 Å². The van der Waals surface area contributed by atoms with Crippen molar-refractivity contribution in [1.82, 2.24) is 9.97 Å². The number of nitrogens with one attached hydrogen (secondary N) is 1. The van der Waals surface area contributed by atoms with Gasteiger partial charge in [-0.05, 0) is 6.92 Å². The second-order valence-corrected chi connectivity index (χ2v) is 5.50. The number of rotatable bonds is 3. The SMILES string of the molecule is Cc1sc(NC(N)=O)nc1-c1csc(N=C(N)N)n1. The molecular weight excluding hydrogens is 286 g/mol. The molecule has 0 spiro atoms. The largest absolute Gasteiger partial charge is 0.370 e. The second kappa shape index (κ2) is 5.20. The van der Waals surface area contributed by atoms with Crippen LogP contribution in [0.5, 0.6) is 0 Å². The lowest BCUT2D eigenvalue weighted by Crippen LogP contribution is -2.21. The normalized spacial score (nSPS) is 10.2. The van der Waals surface area contributed by atoms with Gasteiger partial charge in [-0.3, -0.25) is 5.32 Å². The molecule has 2 amide bonds. The number of aliphatic imine (C=N–C) groups is 1. The van der Waals surface area contributed by atoms with Gasteiger partial charge in [0.25, 0.3) is 0 Å². The topological polar surface area (TPSA) is 145 Å². The summed E-state index contributed by atoms with van der Waals surface area (Å²) >= 11 is 2.62. The van der Waals surface area contributed by atoms with Crippen molar-refractivity contribution in [2.24, 2.45) is 22.2 Å². The van der Waals surface area contributed by atoms with Crippen LogP contribution in [0.3, 0.4) is 0 Å².